The van der Waals surface area contributed by atoms with Crippen LogP contribution in [0, 0.1) is 12.7 Å². The summed E-state index contributed by atoms with van der Waals surface area (Å²) in [6.45, 7) is 3.92. The maximum atomic E-state index is 13.9. The fourth-order valence-electron chi connectivity index (χ4n) is 3.28. The number of carbonyl (C=O) groups is 1. The quantitative estimate of drug-likeness (QED) is 0.750. The Hall–Kier alpha value is -2.74. The van der Waals surface area contributed by atoms with Gasteiger partial charge in [0, 0.05) is 26.2 Å². The first-order chi connectivity index (χ1) is 12.6. The molecule has 8 heteroatoms. The third-order valence-electron chi connectivity index (χ3n) is 4.69. The second-order valence-corrected chi connectivity index (χ2v) is 7.20. The number of halogens is 1. The van der Waals surface area contributed by atoms with E-state index in [2.05, 4.69) is 9.97 Å². The number of aromatic nitrogens is 2. The number of nitrogens with zero attached hydrogens (tertiary/aromatic N) is 3. The molecule has 0 spiro atoms. The van der Waals surface area contributed by atoms with E-state index in [1.165, 1.54) is 23.7 Å². The van der Waals surface area contributed by atoms with Gasteiger partial charge in [-0.3, -0.25) is 9.59 Å². The first-order valence-electron chi connectivity index (χ1n) is 8.32. The second kappa shape index (κ2) is 6.53. The van der Waals surface area contributed by atoms with E-state index in [1.54, 1.807) is 30.0 Å². The summed E-state index contributed by atoms with van der Waals surface area (Å²) < 4.78 is 13.9. The minimum atomic E-state index is -0.252. The van der Waals surface area contributed by atoms with Gasteiger partial charge in [0.25, 0.3) is 11.5 Å². The van der Waals surface area contributed by atoms with Crippen molar-refractivity contribution in [1.29, 1.82) is 0 Å². The molecule has 0 radical (unpaired) electrons. The number of piperazine rings is 1. The minimum Gasteiger partial charge on any atom is -0.366 e. The van der Waals surface area contributed by atoms with Crippen molar-refractivity contribution in [2.24, 2.45) is 0 Å². The Kier molecular flexibility index (Phi) is 4.20. The van der Waals surface area contributed by atoms with Gasteiger partial charge in [0.15, 0.2) is 0 Å². The molecule has 26 heavy (non-hydrogen) atoms. The number of aryl methyl sites for hydroxylation is 1. The number of carbonyl (C=O) groups excluding carboxylic acids is 1. The molecule has 0 aliphatic carbocycles. The highest BCUT2D eigenvalue weighted by atomic mass is 32.1. The molecule has 2 aromatic heterocycles. The van der Waals surface area contributed by atoms with E-state index in [1.807, 2.05) is 4.90 Å². The van der Waals surface area contributed by atoms with Gasteiger partial charge < -0.3 is 14.8 Å². The largest absolute Gasteiger partial charge is 0.366 e. The number of para-hydroxylation sites is 1. The Morgan fingerprint density at radius 3 is 2.65 bits per heavy atom. The van der Waals surface area contributed by atoms with Gasteiger partial charge in [-0.2, -0.15) is 0 Å². The number of anilines is 1. The summed E-state index contributed by atoms with van der Waals surface area (Å²) in [7, 11) is 0. The molecule has 1 aromatic carbocycles. The number of thiophene rings is 1. The van der Waals surface area contributed by atoms with Gasteiger partial charge in [0.2, 0.25) is 0 Å². The zero-order valence-electron chi connectivity index (χ0n) is 14.2. The lowest BCUT2D eigenvalue weighted by molar-refractivity contribution is 0.0751. The van der Waals surface area contributed by atoms with E-state index in [4.69, 9.17) is 0 Å². The SMILES string of the molecule is Cc1c(C(=O)N2CCN(c3ccccc3F)CC2)sc2nc[nH]c(=O)c12. The molecule has 1 saturated heterocycles. The molecule has 0 saturated carbocycles. The Labute approximate surface area is 152 Å². The Bertz CT molecular complexity index is 1040. The van der Waals surface area contributed by atoms with E-state index in [9.17, 15) is 14.0 Å². The van der Waals surface area contributed by atoms with Crippen LogP contribution in [0.15, 0.2) is 35.4 Å². The van der Waals surface area contributed by atoms with Crippen molar-refractivity contribution in [1.82, 2.24) is 14.9 Å². The van der Waals surface area contributed by atoms with Crippen LogP contribution in [0.25, 0.3) is 10.2 Å². The number of nitrogens with one attached hydrogen (secondary N) is 1. The highest BCUT2D eigenvalue weighted by molar-refractivity contribution is 7.20. The predicted octanol–water partition coefficient (Wildman–Crippen LogP) is 2.39. The third-order valence-corrected chi connectivity index (χ3v) is 5.87. The van der Waals surface area contributed by atoms with Crippen LogP contribution < -0.4 is 10.5 Å². The number of aromatic amines is 1. The van der Waals surface area contributed by atoms with Crippen LogP contribution in [0.4, 0.5) is 10.1 Å². The molecule has 1 fully saturated rings. The number of H-pyrrole nitrogens is 1. The third kappa shape index (κ3) is 2.76. The normalized spacial score (nSPS) is 14.8. The van der Waals surface area contributed by atoms with Gasteiger partial charge in [-0.25, -0.2) is 9.37 Å². The summed E-state index contributed by atoms with van der Waals surface area (Å²) >= 11 is 1.24. The molecule has 1 N–H and O–H groups in total. The fourth-order valence-corrected chi connectivity index (χ4v) is 4.40. The van der Waals surface area contributed by atoms with Crippen LogP contribution in [0.1, 0.15) is 15.2 Å². The van der Waals surface area contributed by atoms with Gasteiger partial charge in [0.1, 0.15) is 10.6 Å². The summed E-state index contributed by atoms with van der Waals surface area (Å²) in [4.78, 5) is 36.4. The van der Waals surface area contributed by atoms with Crippen molar-refractivity contribution in [2.75, 3.05) is 31.1 Å². The topological polar surface area (TPSA) is 69.3 Å². The van der Waals surface area contributed by atoms with E-state index in [-0.39, 0.29) is 17.3 Å². The molecular formula is C18H17FN4O2S. The number of hydrogen-bond acceptors (Lipinski definition) is 5. The molecule has 3 heterocycles. The highest BCUT2D eigenvalue weighted by Crippen LogP contribution is 2.28. The van der Waals surface area contributed by atoms with Gasteiger partial charge in [-0.05, 0) is 24.6 Å². The first kappa shape index (κ1) is 16.7. The molecule has 3 aromatic rings. The number of fused-ring (bicyclic) bond motifs is 1. The average molecular weight is 372 g/mol. The van der Waals surface area contributed by atoms with Crippen molar-refractivity contribution in [2.45, 2.75) is 6.92 Å². The minimum absolute atomic E-state index is 0.0990. The molecule has 0 bridgehead atoms. The molecule has 1 amide bonds. The van der Waals surface area contributed by atoms with Crippen LogP contribution >= 0.6 is 11.3 Å². The summed E-state index contributed by atoms with van der Waals surface area (Å²) in [5, 5.41) is 0.478. The van der Waals surface area contributed by atoms with Crippen molar-refractivity contribution in [3.8, 4) is 0 Å². The highest BCUT2D eigenvalue weighted by Gasteiger charge is 2.27. The van der Waals surface area contributed by atoms with Crippen molar-refractivity contribution in [3.05, 3.63) is 57.2 Å². The Morgan fingerprint density at radius 1 is 1.23 bits per heavy atom. The van der Waals surface area contributed by atoms with Crippen LogP contribution in [0.2, 0.25) is 0 Å². The first-order valence-corrected chi connectivity index (χ1v) is 9.13. The molecule has 134 valence electrons. The maximum absolute atomic E-state index is 13.9. The van der Waals surface area contributed by atoms with E-state index in [0.717, 1.165) is 0 Å². The lowest BCUT2D eigenvalue weighted by atomic mass is 10.2. The number of amides is 1. The Balaban J connectivity index is 1.54. The molecule has 4 rings (SSSR count). The zero-order valence-corrected chi connectivity index (χ0v) is 15.0. The molecule has 0 unspecified atom stereocenters. The van der Waals surface area contributed by atoms with Gasteiger partial charge in [-0.1, -0.05) is 12.1 Å². The molecule has 1 aliphatic heterocycles. The second-order valence-electron chi connectivity index (χ2n) is 6.20. The van der Waals surface area contributed by atoms with Crippen molar-refractivity contribution >= 4 is 33.1 Å². The molecular weight excluding hydrogens is 355 g/mol. The fraction of sp³-hybridized carbons (Fsp3) is 0.278. The Morgan fingerprint density at radius 2 is 1.96 bits per heavy atom. The van der Waals surface area contributed by atoms with Crippen molar-refractivity contribution in [3.63, 3.8) is 0 Å². The van der Waals surface area contributed by atoms with Gasteiger partial charge in [-0.15, -0.1) is 11.3 Å². The molecule has 0 atom stereocenters. The smallest absolute Gasteiger partial charge is 0.264 e. The van der Waals surface area contributed by atoms with Gasteiger partial charge >= 0.3 is 0 Å². The summed E-state index contributed by atoms with van der Waals surface area (Å²) in [6, 6.07) is 6.67. The lowest BCUT2D eigenvalue weighted by Crippen LogP contribution is -2.49. The summed E-state index contributed by atoms with van der Waals surface area (Å²) in [6.07, 6.45) is 1.35. The van der Waals surface area contributed by atoms with E-state index >= 15 is 0 Å². The van der Waals surface area contributed by atoms with Crippen LogP contribution in [-0.2, 0) is 0 Å². The summed E-state index contributed by atoms with van der Waals surface area (Å²) in [5.74, 6) is -0.351. The van der Waals surface area contributed by atoms with Crippen LogP contribution in [0.3, 0.4) is 0 Å². The zero-order chi connectivity index (χ0) is 18.3. The molecule has 1 aliphatic rings. The number of rotatable bonds is 2. The lowest BCUT2D eigenvalue weighted by Gasteiger charge is -2.36. The van der Waals surface area contributed by atoms with Gasteiger partial charge in [0.05, 0.1) is 22.3 Å². The predicted molar refractivity (Wildman–Crippen MR) is 99.5 cm³/mol. The van der Waals surface area contributed by atoms with E-state index < -0.39 is 0 Å². The van der Waals surface area contributed by atoms with Crippen LogP contribution in [0.5, 0.6) is 0 Å². The monoisotopic (exact) mass is 372 g/mol. The number of hydrogen-bond donors (Lipinski definition) is 1. The standard InChI is InChI=1S/C18H17FN4O2S/c1-11-14-16(24)20-10-21-17(14)26-15(11)18(25)23-8-6-22(7-9-23)13-5-3-2-4-12(13)19/h2-5,10H,6-9H2,1H3,(H,20,21,24). The maximum Gasteiger partial charge on any atom is 0.264 e. The summed E-state index contributed by atoms with van der Waals surface area (Å²) in [5.41, 5.74) is 1.00. The van der Waals surface area contributed by atoms with E-state index in [0.29, 0.717) is 52.5 Å². The van der Waals surface area contributed by atoms with Crippen LogP contribution in [-0.4, -0.2) is 47.0 Å². The number of benzene rings is 1. The molecule has 6 nitrogen and oxygen atoms in total. The van der Waals surface area contributed by atoms with Crippen molar-refractivity contribution < 1.29 is 9.18 Å². The average Bonchev–Trinajstić information content (AvgIpc) is 3.00.